The smallest absolute Gasteiger partial charge is 0.266 e. The molecule has 1 fully saturated rings. The van der Waals surface area contributed by atoms with E-state index in [-0.39, 0.29) is 5.57 Å². The number of nitrogens with one attached hydrogen (secondary N) is 1. The molecule has 0 saturated carbocycles. The van der Waals surface area contributed by atoms with Crippen LogP contribution in [0.1, 0.15) is 11.3 Å². The first kappa shape index (κ1) is 18.2. The van der Waals surface area contributed by atoms with Crippen molar-refractivity contribution in [3.63, 3.8) is 0 Å². The van der Waals surface area contributed by atoms with Crippen molar-refractivity contribution in [1.82, 2.24) is 0 Å². The van der Waals surface area contributed by atoms with E-state index in [2.05, 4.69) is 26.1 Å². The summed E-state index contributed by atoms with van der Waals surface area (Å²) in [6.45, 7) is 4.67. The summed E-state index contributed by atoms with van der Waals surface area (Å²) in [4.78, 5) is 14.4. The molecule has 7 heteroatoms. The van der Waals surface area contributed by atoms with Crippen molar-refractivity contribution in [3.05, 3.63) is 51.7 Å². The second-order valence-electron chi connectivity index (χ2n) is 5.89. The minimum absolute atomic E-state index is 0.0266. The van der Waals surface area contributed by atoms with Gasteiger partial charge in [0.25, 0.3) is 5.91 Å². The second-order valence-corrected chi connectivity index (χ2v) is 6.75. The van der Waals surface area contributed by atoms with Crippen molar-refractivity contribution >= 4 is 39.5 Å². The van der Waals surface area contributed by atoms with Crippen LogP contribution in [-0.2, 0) is 9.53 Å². The zero-order valence-electron chi connectivity index (χ0n) is 14.3. The zero-order chi connectivity index (χ0) is 18.5. The molecule has 0 radical (unpaired) electrons. The van der Waals surface area contributed by atoms with Gasteiger partial charge in [0.2, 0.25) is 5.88 Å². The normalized spacial score (nSPS) is 14.8. The van der Waals surface area contributed by atoms with E-state index in [1.54, 1.807) is 12.1 Å². The molecule has 134 valence electrons. The van der Waals surface area contributed by atoms with Crippen molar-refractivity contribution in [2.45, 2.75) is 6.92 Å². The number of hydrogen-bond acceptors (Lipinski definition) is 5. The Morgan fingerprint density at radius 3 is 2.81 bits per heavy atom. The van der Waals surface area contributed by atoms with Crippen LogP contribution in [0.25, 0.3) is 6.08 Å². The van der Waals surface area contributed by atoms with Gasteiger partial charge in [-0.25, -0.2) is 0 Å². The van der Waals surface area contributed by atoms with E-state index < -0.39 is 5.91 Å². The molecule has 2 heterocycles. The second kappa shape index (κ2) is 8.21. The lowest BCUT2D eigenvalue weighted by Gasteiger charge is -2.26. The Kier molecular flexibility index (Phi) is 5.76. The number of carbonyl (C=O) groups excluding carboxylic acids is 1. The van der Waals surface area contributed by atoms with Crippen LogP contribution in [0, 0.1) is 18.3 Å². The first-order chi connectivity index (χ1) is 12.6. The Labute approximate surface area is 160 Å². The maximum Gasteiger partial charge on any atom is 0.266 e. The molecule has 1 aromatic carbocycles. The standard InChI is InChI=1S/C19H18BrN3O3/c1-13-3-2-4-15(9-13)22-18(24)14(12-21)10-16-11-17(20)19(26-16)23-5-7-25-8-6-23/h2-4,9-11H,5-8H2,1H3,(H,22,24)/b14-10-. The van der Waals surface area contributed by atoms with Crippen molar-refractivity contribution < 1.29 is 13.9 Å². The Bertz CT molecular complexity index is 876. The third-order valence-electron chi connectivity index (χ3n) is 3.91. The Hall–Kier alpha value is -2.56. The van der Waals surface area contributed by atoms with Crippen LogP contribution in [0.3, 0.4) is 0 Å². The first-order valence-electron chi connectivity index (χ1n) is 8.18. The predicted octanol–water partition coefficient (Wildman–Crippen LogP) is 3.73. The lowest BCUT2D eigenvalue weighted by atomic mass is 10.2. The van der Waals surface area contributed by atoms with Crippen LogP contribution in [0.15, 0.2) is 44.8 Å². The van der Waals surface area contributed by atoms with Gasteiger partial charge in [0.1, 0.15) is 17.4 Å². The highest BCUT2D eigenvalue weighted by Crippen LogP contribution is 2.31. The highest BCUT2D eigenvalue weighted by atomic mass is 79.9. The molecule has 1 aromatic heterocycles. The van der Waals surface area contributed by atoms with Crippen LogP contribution >= 0.6 is 15.9 Å². The summed E-state index contributed by atoms with van der Waals surface area (Å²) in [5, 5.41) is 12.1. The molecule has 1 aliphatic rings. The molecular weight excluding hydrogens is 398 g/mol. The maximum atomic E-state index is 12.4. The molecule has 1 amide bonds. The minimum Gasteiger partial charge on any atom is -0.440 e. The number of hydrogen-bond donors (Lipinski definition) is 1. The van der Waals surface area contributed by atoms with Gasteiger partial charge in [0.15, 0.2) is 0 Å². The summed E-state index contributed by atoms with van der Waals surface area (Å²) >= 11 is 3.47. The Morgan fingerprint density at radius 2 is 2.12 bits per heavy atom. The van der Waals surface area contributed by atoms with Crippen molar-refractivity contribution in [2.75, 3.05) is 36.5 Å². The molecule has 0 aliphatic carbocycles. The lowest BCUT2D eigenvalue weighted by Crippen LogP contribution is -2.36. The molecular formula is C19H18BrN3O3. The topological polar surface area (TPSA) is 78.5 Å². The number of benzene rings is 1. The zero-order valence-corrected chi connectivity index (χ0v) is 15.9. The van der Waals surface area contributed by atoms with Crippen LogP contribution < -0.4 is 10.2 Å². The summed E-state index contributed by atoms with van der Waals surface area (Å²) in [6.07, 6.45) is 1.44. The van der Waals surface area contributed by atoms with Crippen molar-refractivity contribution in [2.24, 2.45) is 0 Å². The number of amides is 1. The number of anilines is 2. The fourth-order valence-corrected chi connectivity index (χ4v) is 3.20. The van der Waals surface area contributed by atoms with E-state index in [9.17, 15) is 10.1 Å². The molecule has 0 spiro atoms. The van der Waals surface area contributed by atoms with Gasteiger partial charge >= 0.3 is 0 Å². The molecule has 0 unspecified atom stereocenters. The van der Waals surface area contributed by atoms with E-state index in [4.69, 9.17) is 9.15 Å². The first-order valence-corrected chi connectivity index (χ1v) is 8.98. The van der Waals surface area contributed by atoms with Crippen LogP contribution in [-0.4, -0.2) is 32.2 Å². The molecule has 2 aromatic rings. The fraction of sp³-hybridized carbons (Fsp3) is 0.263. The number of rotatable bonds is 4. The predicted molar refractivity (Wildman–Crippen MR) is 103 cm³/mol. The average Bonchev–Trinajstić information content (AvgIpc) is 3.00. The highest BCUT2D eigenvalue weighted by Gasteiger charge is 2.19. The van der Waals surface area contributed by atoms with Crippen LogP contribution in [0.2, 0.25) is 0 Å². The SMILES string of the molecule is Cc1cccc(NC(=O)/C(C#N)=C\c2cc(Br)c(N3CCOCC3)o2)c1. The molecule has 0 bridgehead atoms. The van der Waals surface area contributed by atoms with Gasteiger partial charge in [-0.2, -0.15) is 5.26 Å². The van der Waals surface area contributed by atoms with E-state index in [1.165, 1.54) is 6.08 Å². The number of aryl methyl sites for hydroxylation is 1. The van der Waals surface area contributed by atoms with E-state index >= 15 is 0 Å². The van der Waals surface area contributed by atoms with Gasteiger partial charge in [-0.1, -0.05) is 12.1 Å². The van der Waals surface area contributed by atoms with E-state index in [0.717, 1.165) is 23.1 Å². The minimum atomic E-state index is -0.474. The fourth-order valence-electron chi connectivity index (χ4n) is 2.64. The summed E-state index contributed by atoms with van der Waals surface area (Å²) in [5.74, 6) is 0.642. The Balaban J connectivity index is 1.78. The van der Waals surface area contributed by atoms with Gasteiger partial charge in [0, 0.05) is 30.9 Å². The molecule has 1 saturated heterocycles. The van der Waals surface area contributed by atoms with Crippen molar-refractivity contribution in [3.8, 4) is 6.07 Å². The number of furan rings is 1. The van der Waals surface area contributed by atoms with Crippen LogP contribution in [0.4, 0.5) is 11.6 Å². The summed E-state index contributed by atoms with van der Waals surface area (Å²) in [6, 6.07) is 11.1. The summed E-state index contributed by atoms with van der Waals surface area (Å²) < 4.78 is 11.9. The van der Waals surface area contributed by atoms with E-state index in [0.29, 0.717) is 30.5 Å². The van der Waals surface area contributed by atoms with Gasteiger partial charge in [0.05, 0.1) is 17.7 Å². The Morgan fingerprint density at radius 1 is 1.35 bits per heavy atom. The van der Waals surface area contributed by atoms with Gasteiger partial charge in [-0.15, -0.1) is 0 Å². The lowest BCUT2D eigenvalue weighted by molar-refractivity contribution is -0.112. The summed E-state index contributed by atoms with van der Waals surface area (Å²) in [7, 11) is 0. The van der Waals surface area contributed by atoms with Crippen molar-refractivity contribution in [1.29, 1.82) is 5.26 Å². The number of ether oxygens (including phenoxy) is 1. The van der Waals surface area contributed by atoms with Gasteiger partial charge in [-0.05, 0) is 40.5 Å². The molecule has 3 rings (SSSR count). The van der Waals surface area contributed by atoms with Gasteiger partial charge < -0.3 is 19.4 Å². The largest absolute Gasteiger partial charge is 0.440 e. The van der Waals surface area contributed by atoms with E-state index in [1.807, 2.05) is 31.2 Å². The molecule has 26 heavy (non-hydrogen) atoms. The monoisotopic (exact) mass is 415 g/mol. The number of morpholine rings is 1. The molecule has 1 N–H and O–H groups in total. The molecule has 0 atom stereocenters. The third kappa shape index (κ3) is 4.34. The van der Waals surface area contributed by atoms with Gasteiger partial charge in [-0.3, -0.25) is 4.79 Å². The number of nitrogens with zero attached hydrogens (tertiary/aromatic N) is 2. The number of nitriles is 1. The average molecular weight is 416 g/mol. The quantitative estimate of drug-likeness (QED) is 0.607. The summed E-state index contributed by atoms with van der Waals surface area (Å²) in [5.41, 5.74) is 1.64. The maximum absolute atomic E-state index is 12.4. The highest BCUT2D eigenvalue weighted by molar-refractivity contribution is 9.10. The molecule has 6 nitrogen and oxygen atoms in total. The number of halogens is 1. The number of carbonyl (C=O) groups is 1. The third-order valence-corrected chi connectivity index (χ3v) is 4.48. The van der Waals surface area contributed by atoms with Crippen LogP contribution in [0.5, 0.6) is 0 Å². The molecule has 1 aliphatic heterocycles.